The Hall–Kier alpha value is -3.92. The lowest BCUT2D eigenvalue weighted by Gasteiger charge is -2.38. The number of aliphatic hydroxyl groups is 1. The molecule has 1 saturated heterocycles. The summed E-state index contributed by atoms with van der Waals surface area (Å²) in [6.07, 6.45) is 9.88. The molecule has 1 aromatic carbocycles. The fourth-order valence-corrected chi connectivity index (χ4v) is 7.57. The van der Waals surface area contributed by atoms with Gasteiger partial charge < -0.3 is 24.0 Å². The van der Waals surface area contributed by atoms with Crippen molar-refractivity contribution in [2.24, 2.45) is 11.8 Å². The van der Waals surface area contributed by atoms with Gasteiger partial charge in [-0.3, -0.25) is 9.69 Å². The average molecular weight is 643 g/mol. The molecule has 3 heterocycles. The Bertz CT molecular complexity index is 1560. The number of aromatic nitrogens is 2. The van der Waals surface area contributed by atoms with Gasteiger partial charge in [0.2, 0.25) is 5.91 Å². The van der Waals surface area contributed by atoms with Gasteiger partial charge in [-0.1, -0.05) is 17.3 Å². The van der Waals surface area contributed by atoms with Crippen molar-refractivity contribution < 1.29 is 28.7 Å². The Balaban J connectivity index is 1.04. The number of carbonyl (C=O) groups excluding carboxylic acids is 2. The molecule has 1 N–H and O–H groups in total. The van der Waals surface area contributed by atoms with Crippen LogP contribution in [-0.2, 0) is 9.53 Å². The molecule has 1 aliphatic heterocycles. The van der Waals surface area contributed by atoms with E-state index < -0.39 is 6.10 Å². The standard InChI is InChI=1S/C37H46N4O6/c1-23-17-28(11-14-33(23)45-2)25-5-3-24(4-6-25)20-41(35-18-29(15-16-38-35)32-19-34(47-39-32)26-7-8-26)36(43)27-9-12-31(13-10-27)46-37(44)40-21-30(42)22-40/h11,14-19,24-27,30-31,42H,3-10,12-13,20-22H2,1-2H3. The largest absolute Gasteiger partial charge is 0.496 e. The monoisotopic (exact) mass is 642 g/mol. The first-order valence-electron chi connectivity index (χ1n) is 17.4. The number of carbonyl (C=O) groups is 2. The predicted molar refractivity (Wildman–Crippen MR) is 176 cm³/mol. The molecule has 10 heteroatoms. The minimum absolute atomic E-state index is 0.0945. The smallest absolute Gasteiger partial charge is 0.410 e. The van der Waals surface area contributed by atoms with Gasteiger partial charge >= 0.3 is 6.09 Å². The number of rotatable bonds is 9. The van der Waals surface area contributed by atoms with Gasteiger partial charge in [0.15, 0.2) is 0 Å². The number of hydrogen-bond donors (Lipinski definition) is 1. The molecule has 0 radical (unpaired) electrons. The number of aryl methyl sites for hydroxylation is 1. The van der Waals surface area contributed by atoms with Gasteiger partial charge in [-0.2, -0.15) is 0 Å². The first-order chi connectivity index (χ1) is 22.8. The van der Waals surface area contributed by atoms with Crippen LogP contribution in [0.4, 0.5) is 10.6 Å². The van der Waals surface area contributed by atoms with Gasteiger partial charge in [-0.05, 0) is 112 Å². The number of benzene rings is 1. The van der Waals surface area contributed by atoms with E-state index in [4.69, 9.17) is 19.0 Å². The second-order valence-electron chi connectivity index (χ2n) is 14.1. The van der Waals surface area contributed by atoms with Crippen molar-refractivity contribution in [3.05, 3.63) is 59.5 Å². The van der Waals surface area contributed by atoms with Gasteiger partial charge in [0.1, 0.15) is 29.1 Å². The summed E-state index contributed by atoms with van der Waals surface area (Å²) in [4.78, 5) is 34.9. The highest BCUT2D eigenvalue weighted by atomic mass is 16.6. The number of anilines is 1. The normalized spacial score (nSPS) is 24.8. The molecular formula is C37H46N4O6. The SMILES string of the molecule is COc1ccc(C2CCC(CN(C(=O)C3CCC(OC(=O)N4CC(O)C4)CC3)c3cc(-c4cc(C5CC5)on4)ccn3)CC2)cc1C. The number of amides is 2. The molecule has 2 aromatic heterocycles. The Labute approximate surface area is 276 Å². The van der Waals surface area contributed by atoms with Crippen molar-refractivity contribution in [3.63, 3.8) is 0 Å². The van der Waals surface area contributed by atoms with E-state index in [0.29, 0.717) is 68.9 Å². The van der Waals surface area contributed by atoms with Crippen LogP contribution < -0.4 is 9.64 Å². The third kappa shape index (κ3) is 7.17. The second kappa shape index (κ2) is 13.7. The van der Waals surface area contributed by atoms with Crippen LogP contribution in [0.3, 0.4) is 0 Å². The molecular weight excluding hydrogens is 596 g/mol. The Kier molecular flexibility index (Phi) is 9.21. The van der Waals surface area contributed by atoms with Crippen LogP contribution in [0, 0.1) is 18.8 Å². The van der Waals surface area contributed by atoms with Crippen LogP contribution in [-0.4, -0.2) is 71.1 Å². The maximum absolute atomic E-state index is 14.3. The first-order valence-corrected chi connectivity index (χ1v) is 17.4. The number of β-amino-alcohol motifs (C(OH)–C–C–N with tert-alkyl or cyclic N) is 1. The zero-order valence-electron chi connectivity index (χ0n) is 27.5. The summed E-state index contributed by atoms with van der Waals surface area (Å²) in [6, 6.07) is 12.5. The third-order valence-electron chi connectivity index (χ3n) is 10.7. The topological polar surface area (TPSA) is 118 Å². The van der Waals surface area contributed by atoms with Crippen LogP contribution in [0.2, 0.25) is 0 Å². The quantitative estimate of drug-likeness (QED) is 0.277. The lowest BCUT2D eigenvalue weighted by atomic mass is 9.78. The van der Waals surface area contributed by atoms with Gasteiger partial charge in [-0.25, -0.2) is 9.78 Å². The van der Waals surface area contributed by atoms with E-state index in [2.05, 4.69) is 30.3 Å². The maximum atomic E-state index is 14.3. The molecule has 47 heavy (non-hydrogen) atoms. The molecule has 3 aromatic rings. The van der Waals surface area contributed by atoms with Crippen molar-refractivity contribution in [2.75, 3.05) is 31.6 Å². The molecule has 250 valence electrons. The van der Waals surface area contributed by atoms with Crippen molar-refractivity contribution in [3.8, 4) is 17.0 Å². The highest BCUT2D eigenvalue weighted by molar-refractivity contribution is 5.94. The fourth-order valence-electron chi connectivity index (χ4n) is 7.57. The number of likely N-dealkylation sites (tertiary alicyclic amines) is 1. The van der Waals surface area contributed by atoms with Crippen LogP contribution in [0.1, 0.15) is 92.9 Å². The average Bonchev–Trinajstić information content (AvgIpc) is 3.81. The lowest BCUT2D eigenvalue weighted by Crippen LogP contribution is -2.54. The predicted octanol–water partition coefficient (Wildman–Crippen LogP) is 6.61. The number of methoxy groups -OCH3 is 1. The van der Waals surface area contributed by atoms with Gasteiger partial charge in [-0.15, -0.1) is 0 Å². The number of pyridine rings is 1. The summed E-state index contributed by atoms with van der Waals surface area (Å²) in [5.74, 6) is 3.79. The van der Waals surface area contributed by atoms with Gasteiger partial charge in [0.05, 0.1) is 26.3 Å². The Morgan fingerprint density at radius 1 is 0.957 bits per heavy atom. The molecule has 7 rings (SSSR count). The van der Waals surface area contributed by atoms with Gasteiger partial charge in [0.25, 0.3) is 0 Å². The summed E-state index contributed by atoms with van der Waals surface area (Å²) < 4.78 is 16.8. The van der Waals surface area contributed by atoms with Crippen LogP contribution in [0.5, 0.6) is 5.75 Å². The molecule has 0 bridgehead atoms. The van der Waals surface area contributed by atoms with Crippen molar-refractivity contribution >= 4 is 17.8 Å². The van der Waals surface area contributed by atoms with Crippen molar-refractivity contribution in [1.82, 2.24) is 15.0 Å². The first kappa shape index (κ1) is 31.7. The summed E-state index contributed by atoms with van der Waals surface area (Å²) in [6.45, 7) is 3.37. The molecule has 3 saturated carbocycles. The summed E-state index contributed by atoms with van der Waals surface area (Å²) in [7, 11) is 1.71. The van der Waals surface area contributed by atoms with E-state index in [1.165, 1.54) is 10.5 Å². The van der Waals surface area contributed by atoms with E-state index in [1.54, 1.807) is 13.3 Å². The number of aliphatic hydroxyl groups excluding tert-OH is 1. The minimum Gasteiger partial charge on any atom is -0.496 e. The molecule has 0 unspecified atom stereocenters. The van der Waals surface area contributed by atoms with E-state index in [9.17, 15) is 14.7 Å². The number of ether oxygens (including phenoxy) is 2. The zero-order chi connectivity index (χ0) is 32.5. The summed E-state index contributed by atoms with van der Waals surface area (Å²) in [5.41, 5.74) is 4.20. The summed E-state index contributed by atoms with van der Waals surface area (Å²) >= 11 is 0. The van der Waals surface area contributed by atoms with E-state index in [-0.39, 0.29) is 24.0 Å². The second-order valence-corrected chi connectivity index (χ2v) is 14.1. The molecule has 10 nitrogen and oxygen atoms in total. The minimum atomic E-state index is -0.458. The summed E-state index contributed by atoms with van der Waals surface area (Å²) in [5, 5.41) is 13.9. The molecule has 2 amide bonds. The zero-order valence-corrected chi connectivity index (χ0v) is 27.5. The van der Waals surface area contributed by atoms with E-state index >= 15 is 0 Å². The molecule has 4 fully saturated rings. The molecule has 0 atom stereocenters. The number of nitrogens with zero attached hydrogens (tertiary/aromatic N) is 4. The Morgan fingerprint density at radius 3 is 2.38 bits per heavy atom. The molecule has 4 aliphatic rings. The van der Waals surface area contributed by atoms with E-state index in [0.717, 1.165) is 66.9 Å². The lowest BCUT2D eigenvalue weighted by molar-refractivity contribution is -0.124. The van der Waals surface area contributed by atoms with E-state index in [1.807, 2.05) is 23.1 Å². The van der Waals surface area contributed by atoms with Crippen molar-refractivity contribution in [2.45, 2.75) is 95.2 Å². The molecule has 3 aliphatic carbocycles. The third-order valence-corrected chi connectivity index (χ3v) is 10.7. The van der Waals surface area contributed by atoms with Gasteiger partial charge in [0, 0.05) is 36.2 Å². The highest BCUT2D eigenvalue weighted by Crippen LogP contribution is 2.42. The van der Waals surface area contributed by atoms with Crippen LogP contribution >= 0.6 is 0 Å². The number of hydrogen-bond acceptors (Lipinski definition) is 8. The highest BCUT2D eigenvalue weighted by Gasteiger charge is 2.36. The fraction of sp³-hybridized carbons (Fsp3) is 0.568. The maximum Gasteiger partial charge on any atom is 0.410 e. The van der Waals surface area contributed by atoms with Crippen LogP contribution in [0.25, 0.3) is 11.3 Å². The van der Waals surface area contributed by atoms with Crippen molar-refractivity contribution in [1.29, 1.82) is 0 Å². The molecule has 0 spiro atoms. The Morgan fingerprint density at radius 2 is 1.70 bits per heavy atom. The van der Waals surface area contributed by atoms with Crippen LogP contribution in [0.15, 0.2) is 47.1 Å².